The molecule has 0 saturated heterocycles. The fourth-order valence-electron chi connectivity index (χ4n) is 3.38. The lowest BCUT2D eigenvalue weighted by Gasteiger charge is -2.16. The molecular weight excluding hydrogens is 352 g/mol. The van der Waals surface area contributed by atoms with Crippen LogP contribution in [0, 0.1) is 20.8 Å². The number of para-hydroxylation sites is 1. The van der Waals surface area contributed by atoms with Gasteiger partial charge in [-0.2, -0.15) is 5.10 Å². The minimum Gasteiger partial charge on any atom is -0.336 e. The van der Waals surface area contributed by atoms with E-state index in [4.69, 9.17) is 5.10 Å². The number of carbonyl (C=O) groups is 1. The SMILES string of the molecule is Cc1ccccc1-n1nc(C)c(CN(C)C(=O)c2cn3cccnc3n2)c1C. The van der Waals surface area contributed by atoms with Gasteiger partial charge in [-0.15, -0.1) is 0 Å². The monoisotopic (exact) mass is 374 g/mol. The van der Waals surface area contributed by atoms with Crippen molar-refractivity contribution in [3.8, 4) is 5.69 Å². The molecular formula is C21H22N6O. The zero-order valence-corrected chi connectivity index (χ0v) is 16.4. The van der Waals surface area contributed by atoms with Crippen LogP contribution in [0.2, 0.25) is 0 Å². The highest BCUT2D eigenvalue weighted by Gasteiger charge is 2.20. The Morgan fingerprint density at radius 1 is 1.14 bits per heavy atom. The zero-order valence-electron chi connectivity index (χ0n) is 16.4. The summed E-state index contributed by atoms with van der Waals surface area (Å²) < 4.78 is 3.70. The molecule has 28 heavy (non-hydrogen) atoms. The minimum atomic E-state index is -0.145. The van der Waals surface area contributed by atoms with E-state index in [-0.39, 0.29) is 5.91 Å². The Kier molecular flexibility index (Phi) is 4.43. The van der Waals surface area contributed by atoms with E-state index in [1.807, 2.05) is 36.9 Å². The molecule has 4 aromatic rings. The maximum Gasteiger partial charge on any atom is 0.274 e. The molecule has 142 valence electrons. The van der Waals surface area contributed by atoms with Gasteiger partial charge in [0.2, 0.25) is 5.78 Å². The van der Waals surface area contributed by atoms with Crippen molar-refractivity contribution in [2.75, 3.05) is 7.05 Å². The lowest BCUT2D eigenvalue weighted by molar-refractivity contribution is 0.0779. The molecule has 0 aliphatic rings. The van der Waals surface area contributed by atoms with E-state index in [1.54, 1.807) is 34.8 Å². The number of fused-ring (bicyclic) bond motifs is 1. The predicted octanol–water partition coefficient (Wildman–Crippen LogP) is 3.11. The standard InChI is InChI=1S/C21H22N6O/c1-14-8-5-6-9-19(14)27-16(3)17(15(2)24-27)12-25(4)20(28)18-13-26-11-7-10-22-21(26)23-18/h5-11,13H,12H2,1-4H3. The lowest BCUT2D eigenvalue weighted by atomic mass is 10.1. The smallest absolute Gasteiger partial charge is 0.274 e. The van der Waals surface area contributed by atoms with Crippen molar-refractivity contribution in [1.82, 2.24) is 29.0 Å². The van der Waals surface area contributed by atoms with Gasteiger partial charge in [0.05, 0.1) is 11.4 Å². The third kappa shape index (κ3) is 3.05. The van der Waals surface area contributed by atoms with Gasteiger partial charge >= 0.3 is 0 Å². The molecule has 0 fully saturated rings. The maximum absolute atomic E-state index is 12.9. The fraction of sp³-hybridized carbons (Fsp3) is 0.238. The lowest BCUT2D eigenvalue weighted by Crippen LogP contribution is -2.27. The van der Waals surface area contributed by atoms with Crippen molar-refractivity contribution in [1.29, 1.82) is 0 Å². The van der Waals surface area contributed by atoms with Gasteiger partial charge in [-0.25, -0.2) is 14.6 Å². The van der Waals surface area contributed by atoms with Crippen LogP contribution in [-0.4, -0.2) is 42.0 Å². The Morgan fingerprint density at radius 3 is 2.68 bits per heavy atom. The van der Waals surface area contributed by atoms with Crippen molar-refractivity contribution < 1.29 is 4.79 Å². The van der Waals surface area contributed by atoms with E-state index in [0.717, 1.165) is 28.2 Å². The summed E-state index contributed by atoms with van der Waals surface area (Å²) in [6.07, 6.45) is 5.19. The first kappa shape index (κ1) is 17.9. The second-order valence-electron chi connectivity index (χ2n) is 6.96. The number of imidazole rings is 1. The molecule has 1 amide bonds. The summed E-state index contributed by atoms with van der Waals surface area (Å²) in [4.78, 5) is 23.0. The molecule has 0 unspecified atom stereocenters. The number of benzene rings is 1. The molecule has 0 aliphatic carbocycles. The van der Waals surface area contributed by atoms with Crippen molar-refractivity contribution in [3.05, 3.63) is 77.1 Å². The number of hydrogen-bond donors (Lipinski definition) is 0. The topological polar surface area (TPSA) is 68.3 Å². The number of hydrogen-bond acceptors (Lipinski definition) is 4. The largest absolute Gasteiger partial charge is 0.336 e. The number of carbonyl (C=O) groups excluding carboxylic acids is 1. The van der Waals surface area contributed by atoms with Crippen LogP contribution in [0.15, 0.2) is 48.9 Å². The van der Waals surface area contributed by atoms with E-state index in [1.165, 1.54) is 0 Å². The summed E-state index contributed by atoms with van der Waals surface area (Å²) in [5.74, 6) is 0.368. The zero-order chi connectivity index (χ0) is 19.8. The Bertz CT molecular complexity index is 1140. The van der Waals surface area contributed by atoms with Crippen LogP contribution in [0.3, 0.4) is 0 Å². The third-order valence-corrected chi connectivity index (χ3v) is 4.98. The Labute approximate surface area is 163 Å². The molecule has 0 N–H and O–H groups in total. The molecule has 7 heteroatoms. The third-order valence-electron chi connectivity index (χ3n) is 4.98. The molecule has 1 aromatic carbocycles. The van der Waals surface area contributed by atoms with E-state index in [2.05, 4.69) is 29.0 Å². The minimum absolute atomic E-state index is 0.145. The van der Waals surface area contributed by atoms with E-state index in [9.17, 15) is 4.79 Å². The Morgan fingerprint density at radius 2 is 1.93 bits per heavy atom. The number of amides is 1. The Hall–Kier alpha value is -3.48. The summed E-state index contributed by atoms with van der Waals surface area (Å²) in [6.45, 7) is 6.54. The molecule has 4 rings (SSSR count). The first-order chi connectivity index (χ1) is 13.5. The molecule has 7 nitrogen and oxygen atoms in total. The van der Waals surface area contributed by atoms with Crippen LogP contribution in [0.5, 0.6) is 0 Å². The normalized spacial score (nSPS) is 11.1. The average Bonchev–Trinajstić information content (AvgIpc) is 3.24. The van der Waals surface area contributed by atoms with Gasteiger partial charge < -0.3 is 4.90 Å². The van der Waals surface area contributed by atoms with Gasteiger partial charge in [-0.1, -0.05) is 18.2 Å². The molecule has 0 spiro atoms. The highest BCUT2D eigenvalue weighted by atomic mass is 16.2. The van der Waals surface area contributed by atoms with Crippen molar-refractivity contribution in [2.45, 2.75) is 27.3 Å². The second-order valence-corrected chi connectivity index (χ2v) is 6.96. The van der Waals surface area contributed by atoms with Crippen LogP contribution >= 0.6 is 0 Å². The quantitative estimate of drug-likeness (QED) is 0.550. The number of rotatable bonds is 4. The molecule has 0 radical (unpaired) electrons. The van der Waals surface area contributed by atoms with Gasteiger partial charge in [0, 0.05) is 43.4 Å². The number of aromatic nitrogens is 5. The van der Waals surface area contributed by atoms with Crippen LogP contribution in [0.4, 0.5) is 0 Å². The molecule has 3 aromatic heterocycles. The molecule has 0 saturated carbocycles. The summed E-state index contributed by atoms with van der Waals surface area (Å²) in [5.41, 5.74) is 5.57. The molecule has 0 atom stereocenters. The molecule has 0 aliphatic heterocycles. The van der Waals surface area contributed by atoms with E-state index >= 15 is 0 Å². The first-order valence-corrected chi connectivity index (χ1v) is 9.12. The van der Waals surface area contributed by atoms with Gasteiger partial charge in [0.25, 0.3) is 5.91 Å². The second kappa shape index (κ2) is 6.92. The van der Waals surface area contributed by atoms with Gasteiger partial charge in [-0.3, -0.25) is 9.20 Å². The summed E-state index contributed by atoms with van der Waals surface area (Å²) in [7, 11) is 1.78. The molecule has 3 heterocycles. The predicted molar refractivity (Wildman–Crippen MR) is 107 cm³/mol. The van der Waals surface area contributed by atoms with Crippen LogP contribution in [0.1, 0.15) is 33.0 Å². The maximum atomic E-state index is 12.9. The van der Waals surface area contributed by atoms with E-state index < -0.39 is 0 Å². The number of aryl methyl sites for hydroxylation is 2. The van der Waals surface area contributed by atoms with Gasteiger partial charge in [-0.05, 0) is 38.5 Å². The average molecular weight is 374 g/mol. The van der Waals surface area contributed by atoms with Crippen LogP contribution < -0.4 is 0 Å². The first-order valence-electron chi connectivity index (χ1n) is 9.12. The van der Waals surface area contributed by atoms with E-state index in [0.29, 0.717) is 18.0 Å². The van der Waals surface area contributed by atoms with Crippen LogP contribution in [0.25, 0.3) is 11.5 Å². The highest BCUT2D eigenvalue weighted by Crippen LogP contribution is 2.22. The summed E-state index contributed by atoms with van der Waals surface area (Å²) in [5, 5.41) is 4.71. The Balaban J connectivity index is 1.62. The van der Waals surface area contributed by atoms with Crippen molar-refractivity contribution in [2.24, 2.45) is 0 Å². The molecule has 0 bridgehead atoms. The van der Waals surface area contributed by atoms with Crippen molar-refractivity contribution in [3.63, 3.8) is 0 Å². The van der Waals surface area contributed by atoms with Gasteiger partial charge in [0.1, 0.15) is 5.69 Å². The highest BCUT2D eigenvalue weighted by molar-refractivity contribution is 5.92. The fourth-order valence-corrected chi connectivity index (χ4v) is 3.38. The summed E-state index contributed by atoms with van der Waals surface area (Å²) in [6, 6.07) is 9.95. The van der Waals surface area contributed by atoms with Crippen LogP contribution in [-0.2, 0) is 6.54 Å². The number of nitrogens with zero attached hydrogens (tertiary/aromatic N) is 6. The summed E-state index contributed by atoms with van der Waals surface area (Å²) >= 11 is 0. The van der Waals surface area contributed by atoms with Gasteiger partial charge in [0.15, 0.2) is 0 Å². The van der Waals surface area contributed by atoms with Crippen molar-refractivity contribution >= 4 is 11.7 Å².